The van der Waals surface area contributed by atoms with E-state index in [4.69, 9.17) is 4.74 Å². The zero-order valence-electron chi connectivity index (χ0n) is 15.8. The van der Waals surface area contributed by atoms with Crippen LogP contribution >= 0.6 is 0 Å². The molecule has 27 heavy (non-hydrogen) atoms. The smallest absolute Gasteiger partial charge is 0.310 e. The molecule has 0 bridgehead atoms. The van der Waals surface area contributed by atoms with Gasteiger partial charge in [-0.1, -0.05) is 12.6 Å². The van der Waals surface area contributed by atoms with Crippen LogP contribution in [0.15, 0.2) is 30.9 Å². The lowest BCUT2D eigenvalue weighted by Crippen LogP contribution is -2.43. The normalized spacial score (nSPS) is 19.2. The van der Waals surface area contributed by atoms with Gasteiger partial charge in [0.25, 0.3) is 5.91 Å². The fraction of sp³-hybridized carbons (Fsp3) is 0.476. The first-order chi connectivity index (χ1) is 13.1. The van der Waals surface area contributed by atoms with Crippen molar-refractivity contribution in [2.24, 2.45) is 5.92 Å². The lowest BCUT2D eigenvalue weighted by Gasteiger charge is -2.34. The first-order valence-corrected chi connectivity index (χ1v) is 9.58. The maximum atomic E-state index is 13.2. The van der Waals surface area contributed by atoms with Crippen LogP contribution in [0.4, 0.5) is 5.69 Å². The summed E-state index contributed by atoms with van der Waals surface area (Å²) in [4.78, 5) is 40.8. The molecular weight excluding hydrogens is 344 g/mol. The molecule has 1 atom stereocenters. The summed E-state index contributed by atoms with van der Waals surface area (Å²) in [6.07, 6.45) is 4.40. The maximum absolute atomic E-state index is 13.2. The molecule has 0 saturated carbocycles. The highest BCUT2D eigenvalue weighted by molar-refractivity contribution is 6.04. The number of anilines is 1. The lowest BCUT2D eigenvalue weighted by atomic mass is 9.93. The number of rotatable bonds is 4. The standard InChI is InChI=1S/C21H26N2O4/c1-3-19(24)23-13-7-10-16-17(9-5-11-18(16)23)20(25)22-12-6-8-15(14-22)21(26)27-4-2/h3,5,9,11,15H,1,4,6-8,10,12-14H2,2H3. The summed E-state index contributed by atoms with van der Waals surface area (Å²) >= 11 is 0. The number of benzene rings is 1. The summed E-state index contributed by atoms with van der Waals surface area (Å²) in [5.41, 5.74) is 2.32. The van der Waals surface area contributed by atoms with E-state index in [2.05, 4.69) is 6.58 Å². The summed E-state index contributed by atoms with van der Waals surface area (Å²) in [5.74, 6) is -0.719. The molecule has 1 aromatic carbocycles. The van der Waals surface area contributed by atoms with E-state index in [1.54, 1.807) is 16.7 Å². The second-order valence-electron chi connectivity index (χ2n) is 6.94. The molecule has 2 heterocycles. The minimum Gasteiger partial charge on any atom is -0.466 e. The van der Waals surface area contributed by atoms with Gasteiger partial charge in [-0.3, -0.25) is 14.4 Å². The Morgan fingerprint density at radius 1 is 1.26 bits per heavy atom. The number of carbonyl (C=O) groups excluding carboxylic acids is 3. The molecule has 0 aromatic heterocycles. The van der Waals surface area contributed by atoms with Gasteiger partial charge in [0.1, 0.15) is 0 Å². The third-order valence-electron chi connectivity index (χ3n) is 5.25. The van der Waals surface area contributed by atoms with Gasteiger partial charge >= 0.3 is 5.97 Å². The highest BCUT2D eigenvalue weighted by Gasteiger charge is 2.32. The van der Waals surface area contributed by atoms with Gasteiger partial charge in [-0.2, -0.15) is 0 Å². The van der Waals surface area contributed by atoms with E-state index in [0.717, 1.165) is 36.9 Å². The summed E-state index contributed by atoms with van der Waals surface area (Å²) in [5, 5.41) is 0. The number of carbonyl (C=O) groups is 3. The van der Waals surface area contributed by atoms with Crippen molar-refractivity contribution in [2.75, 3.05) is 31.1 Å². The molecule has 6 nitrogen and oxygen atoms in total. The number of hydrogen-bond acceptors (Lipinski definition) is 4. The van der Waals surface area contributed by atoms with Gasteiger partial charge in [0.2, 0.25) is 5.91 Å². The summed E-state index contributed by atoms with van der Waals surface area (Å²) in [6.45, 7) is 7.35. The van der Waals surface area contributed by atoms with Gasteiger partial charge in [-0.15, -0.1) is 0 Å². The Morgan fingerprint density at radius 3 is 2.81 bits per heavy atom. The van der Waals surface area contributed by atoms with Gasteiger partial charge < -0.3 is 14.5 Å². The van der Waals surface area contributed by atoms with Gasteiger partial charge in [0, 0.05) is 30.9 Å². The van der Waals surface area contributed by atoms with Crippen molar-refractivity contribution < 1.29 is 19.1 Å². The fourth-order valence-electron chi connectivity index (χ4n) is 3.95. The second kappa shape index (κ2) is 8.37. The quantitative estimate of drug-likeness (QED) is 0.603. The van der Waals surface area contributed by atoms with Crippen LogP contribution in [0.3, 0.4) is 0 Å². The van der Waals surface area contributed by atoms with Gasteiger partial charge in [0.15, 0.2) is 0 Å². The van der Waals surface area contributed by atoms with Gasteiger partial charge in [-0.05, 0) is 56.4 Å². The molecule has 1 fully saturated rings. The predicted molar refractivity (Wildman–Crippen MR) is 103 cm³/mol. The minimum absolute atomic E-state index is 0.0752. The number of hydrogen-bond donors (Lipinski definition) is 0. The molecule has 144 valence electrons. The van der Waals surface area contributed by atoms with Crippen molar-refractivity contribution in [3.8, 4) is 0 Å². The lowest BCUT2D eigenvalue weighted by molar-refractivity contribution is -0.149. The molecule has 1 saturated heterocycles. The molecule has 1 unspecified atom stereocenters. The summed E-state index contributed by atoms with van der Waals surface area (Å²) in [6, 6.07) is 5.51. The Bertz CT molecular complexity index is 759. The Morgan fingerprint density at radius 2 is 2.07 bits per heavy atom. The topological polar surface area (TPSA) is 66.9 Å². The van der Waals surface area contributed by atoms with E-state index in [1.165, 1.54) is 6.08 Å². The number of ether oxygens (including phenoxy) is 1. The highest BCUT2D eigenvalue weighted by atomic mass is 16.5. The Hall–Kier alpha value is -2.63. The second-order valence-corrected chi connectivity index (χ2v) is 6.94. The van der Waals surface area contributed by atoms with E-state index in [9.17, 15) is 14.4 Å². The van der Waals surface area contributed by atoms with Crippen LogP contribution in [0.25, 0.3) is 0 Å². The molecule has 2 aliphatic rings. The molecule has 1 aromatic rings. The molecular formula is C21H26N2O4. The largest absolute Gasteiger partial charge is 0.466 e. The molecule has 0 N–H and O–H groups in total. The van der Waals surface area contributed by atoms with E-state index in [-0.39, 0.29) is 23.7 Å². The number of nitrogens with zero attached hydrogens (tertiary/aromatic N) is 2. The number of fused-ring (bicyclic) bond motifs is 1. The highest BCUT2D eigenvalue weighted by Crippen LogP contribution is 2.31. The van der Waals surface area contributed by atoms with Crippen molar-refractivity contribution in [3.63, 3.8) is 0 Å². The monoisotopic (exact) mass is 370 g/mol. The van der Waals surface area contributed by atoms with Crippen LogP contribution in [0.1, 0.15) is 42.1 Å². The maximum Gasteiger partial charge on any atom is 0.310 e. The van der Waals surface area contributed by atoms with Crippen LogP contribution in [0.2, 0.25) is 0 Å². The van der Waals surface area contributed by atoms with Crippen LogP contribution in [0, 0.1) is 5.92 Å². The Balaban J connectivity index is 1.84. The third kappa shape index (κ3) is 3.89. The zero-order valence-corrected chi connectivity index (χ0v) is 15.8. The van der Waals surface area contributed by atoms with Crippen molar-refractivity contribution in [1.82, 2.24) is 4.90 Å². The average molecular weight is 370 g/mol. The van der Waals surface area contributed by atoms with E-state index in [1.807, 2.05) is 18.2 Å². The van der Waals surface area contributed by atoms with E-state index >= 15 is 0 Å². The molecule has 0 radical (unpaired) electrons. The Kier molecular flexibility index (Phi) is 5.94. The number of esters is 1. The van der Waals surface area contributed by atoms with E-state index in [0.29, 0.717) is 31.8 Å². The Labute approximate surface area is 159 Å². The number of piperidine rings is 1. The molecule has 2 amide bonds. The number of likely N-dealkylation sites (tertiary alicyclic amines) is 1. The van der Waals surface area contributed by atoms with Crippen LogP contribution < -0.4 is 4.90 Å². The average Bonchev–Trinajstić information content (AvgIpc) is 2.72. The minimum atomic E-state index is -0.263. The summed E-state index contributed by atoms with van der Waals surface area (Å²) in [7, 11) is 0. The first kappa shape index (κ1) is 19.1. The third-order valence-corrected chi connectivity index (χ3v) is 5.25. The SMILES string of the molecule is C=CC(=O)N1CCCc2c(C(=O)N3CCCC(C(=O)OCC)C3)cccc21. The van der Waals surface area contributed by atoms with Crippen molar-refractivity contribution in [3.05, 3.63) is 42.0 Å². The predicted octanol–water partition coefficient (Wildman–Crippen LogP) is 2.57. The molecule has 0 aliphatic carbocycles. The van der Waals surface area contributed by atoms with Crippen molar-refractivity contribution in [2.45, 2.75) is 32.6 Å². The molecule has 0 spiro atoms. The van der Waals surface area contributed by atoms with E-state index < -0.39 is 0 Å². The van der Waals surface area contributed by atoms with Crippen molar-refractivity contribution in [1.29, 1.82) is 0 Å². The summed E-state index contributed by atoms with van der Waals surface area (Å²) < 4.78 is 5.13. The van der Waals surface area contributed by atoms with Crippen LogP contribution in [0.5, 0.6) is 0 Å². The van der Waals surface area contributed by atoms with Crippen LogP contribution in [-0.4, -0.2) is 48.9 Å². The molecule has 2 aliphatic heterocycles. The fourth-order valence-corrected chi connectivity index (χ4v) is 3.95. The van der Waals surface area contributed by atoms with Crippen molar-refractivity contribution >= 4 is 23.5 Å². The molecule has 6 heteroatoms. The first-order valence-electron chi connectivity index (χ1n) is 9.58. The van der Waals surface area contributed by atoms with Crippen LogP contribution in [-0.2, 0) is 20.7 Å². The number of amides is 2. The molecule has 3 rings (SSSR count). The van der Waals surface area contributed by atoms with Gasteiger partial charge in [-0.25, -0.2) is 0 Å². The zero-order chi connectivity index (χ0) is 19.4. The van der Waals surface area contributed by atoms with Gasteiger partial charge in [0.05, 0.1) is 12.5 Å².